The number of carbonyl (C=O) groups is 1. The van der Waals surface area contributed by atoms with Crippen molar-refractivity contribution in [2.75, 3.05) is 0 Å². The van der Waals surface area contributed by atoms with Crippen molar-refractivity contribution in [2.45, 2.75) is 12.8 Å². The molecule has 0 fully saturated rings. The fourth-order valence-corrected chi connectivity index (χ4v) is 1.11. The molecule has 1 aromatic heterocycles. The molecule has 0 atom stereocenters. The summed E-state index contributed by atoms with van der Waals surface area (Å²) in [6, 6.07) is 0.977. The molecule has 0 saturated heterocycles. The van der Waals surface area contributed by atoms with Crippen molar-refractivity contribution >= 4 is 17.6 Å². The number of aliphatic carboxylic acids is 1. The monoisotopic (exact) mass is 221 g/mol. The molecule has 1 N–H and O–H groups in total. The highest BCUT2D eigenvalue weighted by molar-refractivity contribution is 6.31. The highest BCUT2D eigenvalue weighted by Crippen LogP contribution is 2.22. The Kier molecular flexibility index (Phi) is 3.35. The zero-order valence-electron chi connectivity index (χ0n) is 6.88. The van der Waals surface area contributed by atoms with Gasteiger partial charge in [0, 0.05) is 16.8 Å². The van der Waals surface area contributed by atoms with E-state index < -0.39 is 18.1 Å². The second-order valence-electron chi connectivity index (χ2n) is 2.57. The summed E-state index contributed by atoms with van der Waals surface area (Å²) in [6.07, 6.45) is -1.97. The normalized spacial score (nSPS) is 10.6. The van der Waals surface area contributed by atoms with Gasteiger partial charge in [-0.05, 0) is 6.07 Å². The molecule has 0 aliphatic rings. The van der Waals surface area contributed by atoms with Crippen LogP contribution in [0.3, 0.4) is 0 Å². The molecule has 0 aliphatic heterocycles. The van der Waals surface area contributed by atoms with Gasteiger partial charge in [-0.2, -0.15) is 0 Å². The maximum atomic E-state index is 12.1. The average molecular weight is 222 g/mol. The van der Waals surface area contributed by atoms with Crippen molar-refractivity contribution in [3.05, 3.63) is 28.5 Å². The highest BCUT2D eigenvalue weighted by Gasteiger charge is 2.12. The summed E-state index contributed by atoms with van der Waals surface area (Å²) in [6.45, 7) is 0. The summed E-state index contributed by atoms with van der Waals surface area (Å²) in [5.41, 5.74) is -0.229. The van der Waals surface area contributed by atoms with Crippen LogP contribution in [0.4, 0.5) is 8.78 Å². The molecular weight excluding hydrogens is 216 g/mol. The van der Waals surface area contributed by atoms with Crippen molar-refractivity contribution < 1.29 is 18.7 Å². The van der Waals surface area contributed by atoms with Gasteiger partial charge in [-0.1, -0.05) is 11.6 Å². The number of aromatic nitrogens is 1. The van der Waals surface area contributed by atoms with Gasteiger partial charge in [0.05, 0.1) is 6.42 Å². The van der Waals surface area contributed by atoms with E-state index in [4.69, 9.17) is 16.7 Å². The summed E-state index contributed by atoms with van der Waals surface area (Å²) in [5, 5.41) is 8.43. The average Bonchev–Trinajstić information content (AvgIpc) is 2.07. The summed E-state index contributed by atoms with van der Waals surface area (Å²) in [7, 11) is 0. The van der Waals surface area contributed by atoms with Gasteiger partial charge in [0.2, 0.25) is 0 Å². The molecule has 3 nitrogen and oxygen atoms in total. The van der Waals surface area contributed by atoms with E-state index in [-0.39, 0.29) is 17.0 Å². The van der Waals surface area contributed by atoms with Crippen LogP contribution in [0.15, 0.2) is 12.3 Å². The maximum Gasteiger partial charge on any atom is 0.307 e. The van der Waals surface area contributed by atoms with Crippen molar-refractivity contribution in [1.29, 1.82) is 0 Å². The molecule has 0 unspecified atom stereocenters. The molecule has 14 heavy (non-hydrogen) atoms. The van der Waals surface area contributed by atoms with Gasteiger partial charge in [-0.3, -0.25) is 9.78 Å². The molecule has 0 aromatic carbocycles. The van der Waals surface area contributed by atoms with Crippen molar-refractivity contribution in [2.24, 2.45) is 0 Å². The Morgan fingerprint density at radius 1 is 1.64 bits per heavy atom. The number of nitrogens with zero attached hydrogens (tertiary/aromatic N) is 1. The van der Waals surface area contributed by atoms with Crippen LogP contribution in [0, 0.1) is 0 Å². The smallest absolute Gasteiger partial charge is 0.307 e. The summed E-state index contributed by atoms with van der Waals surface area (Å²) < 4.78 is 24.2. The van der Waals surface area contributed by atoms with Gasteiger partial charge in [0.1, 0.15) is 5.69 Å². The molecule has 0 saturated carbocycles. The van der Waals surface area contributed by atoms with Crippen molar-refractivity contribution in [3.8, 4) is 0 Å². The van der Waals surface area contributed by atoms with E-state index in [1.165, 1.54) is 0 Å². The minimum Gasteiger partial charge on any atom is -0.481 e. The third-order valence-corrected chi connectivity index (χ3v) is 1.87. The van der Waals surface area contributed by atoms with Gasteiger partial charge in [0.25, 0.3) is 6.43 Å². The van der Waals surface area contributed by atoms with Gasteiger partial charge < -0.3 is 5.11 Å². The number of carboxylic acids is 1. The van der Waals surface area contributed by atoms with Gasteiger partial charge in [-0.15, -0.1) is 0 Å². The first kappa shape index (κ1) is 10.8. The van der Waals surface area contributed by atoms with E-state index in [2.05, 4.69) is 4.98 Å². The van der Waals surface area contributed by atoms with E-state index in [1.807, 2.05) is 0 Å². The van der Waals surface area contributed by atoms with E-state index in [0.29, 0.717) is 0 Å². The Morgan fingerprint density at radius 3 is 2.71 bits per heavy atom. The number of hydrogen-bond acceptors (Lipinski definition) is 2. The highest BCUT2D eigenvalue weighted by atomic mass is 35.5. The number of halogens is 3. The van der Waals surface area contributed by atoms with Crippen LogP contribution >= 0.6 is 11.6 Å². The molecule has 0 aliphatic carbocycles. The first-order chi connectivity index (χ1) is 6.50. The topological polar surface area (TPSA) is 50.2 Å². The van der Waals surface area contributed by atoms with Gasteiger partial charge in [0.15, 0.2) is 0 Å². The molecule has 0 bridgehead atoms. The molecule has 6 heteroatoms. The fraction of sp³-hybridized carbons (Fsp3) is 0.250. The number of alkyl halides is 2. The quantitative estimate of drug-likeness (QED) is 0.852. The molecular formula is C8H6ClF2NO2. The SMILES string of the molecule is O=C(O)Cc1cnc(C(F)F)cc1Cl. The second-order valence-corrected chi connectivity index (χ2v) is 2.98. The maximum absolute atomic E-state index is 12.1. The number of pyridine rings is 1. The van der Waals surface area contributed by atoms with Crippen molar-refractivity contribution in [1.82, 2.24) is 4.98 Å². The molecule has 1 rings (SSSR count). The molecule has 76 valence electrons. The zero-order valence-corrected chi connectivity index (χ0v) is 7.63. The predicted molar refractivity (Wildman–Crippen MR) is 45.5 cm³/mol. The third kappa shape index (κ3) is 2.63. The summed E-state index contributed by atoms with van der Waals surface area (Å²) in [4.78, 5) is 13.7. The van der Waals surface area contributed by atoms with Crippen LogP contribution in [-0.2, 0) is 11.2 Å². The third-order valence-electron chi connectivity index (χ3n) is 1.52. The minimum absolute atomic E-state index is 0.00213. The molecule has 0 radical (unpaired) electrons. The molecule has 1 heterocycles. The summed E-state index contributed by atoms with van der Waals surface area (Å²) >= 11 is 5.58. The van der Waals surface area contributed by atoms with Crippen LogP contribution in [-0.4, -0.2) is 16.1 Å². The van der Waals surface area contributed by atoms with Crippen LogP contribution < -0.4 is 0 Å². The van der Waals surface area contributed by atoms with E-state index >= 15 is 0 Å². The predicted octanol–water partition coefficient (Wildman–Crippen LogP) is 2.30. The van der Waals surface area contributed by atoms with Crippen LogP contribution in [0.25, 0.3) is 0 Å². The lowest BCUT2D eigenvalue weighted by molar-refractivity contribution is -0.136. The van der Waals surface area contributed by atoms with Crippen LogP contribution in [0.5, 0.6) is 0 Å². The van der Waals surface area contributed by atoms with Crippen LogP contribution in [0.2, 0.25) is 5.02 Å². The lowest BCUT2D eigenvalue weighted by Gasteiger charge is -2.03. The molecule has 0 amide bonds. The van der Waals surface area contributed by atoms with E-state index in [9.17, 15) is 13.6 Å². The van der Waals surface area contributed by atoms with Crippen molar-refractivity contribution in [3.63, 3.8) is 0 Å². The number of carboxylic acid groups (broad SMARTS) is 1. The largest absolute Gasteiger partial charge is 0.481 e. The Labute approximate surface area is 83.3 Å². The molecule has 1 aromatic rings. The van der Waals surface area contributed by atoms with E-state index in [1.54, 1.807) is 0 Å². The lowest BCUT2D eigenvalue weighted by Crippen LogP contribution is -2.02. The minimum atomic E-state index is -2.70. The number of rotatable bonds is 3. The Hall–Kier alpha value is -1.23. The zero-order chi connectivity index (χ0) is 10.7. The van der Waals surface area contributed by atoms with Gasteiger partial charge >= 0.3 is 5.97 Å². The standard InChI is InChI=1S/C8H6ClF2NO2/c9-5-2-6(8(10)11)12-3-4(5)1-7(13)14/h2-3,8H,1H2,(H,13,14). The Bertz CT molecular complexity index is 357. The first-order valence-electron chi connectivity index (χ1n) is 3.65. The molecule has 0 spiro atoms. The lowest BCUT2D eigenvalue weighted by atomic mass is 10.2. The van der Waals surface area contributed by atoms with E-state index in [0.717, 1.165) is 12.3 Å². The Balaban J connectivity index is 2.95. The summed E-state index contributed by atoms with van der Waals surface area (Å²) in [5.74, 6) is -1.08. The number of hydrogen-bond donors (Lipinski definition) is 1. The van der Waals surface area contributed by atoms with Crippen LogP contribution in [0.1, 0.15) is 17.7 Å². The Morgan fingerprint density at radius 2 is 2.29 bits per heavy atom. The second kappa shape index (κ2) is 4.32. The first-order valence-corrected chi connectivity index (χ1v) is 4.02. The fourth-order valence-electron chi connectivity index (χ4n) is 0.886. The van der Waals surface area contributed by atoms with Gasteiger partial charge in [-0.25, -0.2) is 8.78 Å².